The number of carboxylic acids is 1. The van der Waals surface area contributed by atoms with Crippen LogP contribution in [0.5, 0.6) is 0 Å². The highest BCUT2D eigenvalue weighted by Gasteiger charge is 2.30. The number of carbonyl (C=O) groups is 2. The van der Waals surface area contributed by atoms with E-state index in [2.05, 4.69) is 0 Å². The summed E-state index contributed by atoms with van der Waals surface area (Å²) in [5, 5.41) is 10.8. The predicted molar refractivity (Wildman–Crippen MR) is 145 cm³/mol. The molecule has 4 aromatic carbocycles. The van der Waals surface area contributed by atoms with Gasteiger partial charge in [-0.25, -0.2) is 8.42 Å². The lowest BCUT2D eigenvalue weighted by molar-refractivity contribution is -0.135. The molecule has 1 N–H and O–H groups in total. The first-order valence-corrected chi connectivity index (χ1v) is 13.3. The second-order valence-corrected chi connectivity index (χ2v) is 11.1. The van der Waals surface area contributed by atoms with E-state index in [9.17, 15) is 23.1 Å². The summed E-state index contributed by atoms with van der Waals surface area (Å²) in [5.74, 6) is -1.73. The molecule has 0 saturated carbocycles. The van der Waals surface area contributed by atoms with Crippen molar-refractivity contribution in [1.82, 2.24) is 4.90 Å². The molecule has 0 aliphatic heterocycles. The Morgan fingerprint density at radius 3 is 2.14 bits per heavy atom. The molecule has 37 heavy (non-hydrogen) atoms. The number of anilines is 1. The Hall–Kier alpha value is -3.59. The number of amides is 1. The third-order valence-corrected chi connectivity index (χ3v) is 7.84. The number of aliphatic carboxylic acids is 1. The monoisotopic (exact) mass is 556 g/mol. The molecule has 0 radical (unpaired) electrons. The second kappa shape index (κ2) is 10.8. The fourth-order valence-electron chi connectivity index (χ4n) is 4.00. The van der Waals surface area contributed by atoms with Gasteiger partial charge in [-0.3, -0.25) is 13.9 Å². The predicted octanol–water partition coefficient (Wildman–Crippen LogP) is 5.70. The molecular formula is C27H22Cl2N2O5S. The van der Waals surface area contributed by atoms with Crippen LogP contribution in [0.25, 0.3) is 10.8 Å². The van der Waals surface area contributed by atoms with Crippen LogP contribution in [0.1, 0.15) is 15.9 Å². The number of benzene rings is 4. The molecule has 0 unspecified atom stereocenters. The van der Waals surface area contributed by atoms with E-state index >= 15 is 0 Å². The zero-order valence-electron chi connectivity index (χ0n) is 19.6. The van der Waals surface area contributed by atoms with E-state index in [0.29, 0.717) is 17.3 Å². The lowest BCUT2D eigenvalue weighted by Gasteiger charge is -2.26. The summed E-state index contributed by atoms with van der Waals surface area (Å²) in [5.41, 5.74) is 1.18. The number of hydrogen-bond donors (Lipinski definition) is 1. The third kappa shape index (κ3) is 5.88. The zero-order chi connectivity index (χ0) is 26.7. The molecule has 0 bridgehead atoms. The number of carbonyl (C=O) groups excluding carboxylic acids is 1. The first-order chi connectivity index (χ1) is 17.6. The van der Waals surface area contributed by atoms with E-state index in [-0.39, 0.29) is 32.1 Å². The quantitative estimate of drug-likeness (QED) is 0.300. The van der Waals surface area contributed by atoms with E-state index in [4.69, 9.17) is 23.2 Å². The Balaban J connectivity index is 1.86. The van der Waals surface area contributed by atoms with Crippen LogP contribution in [0, 0.1) is 0 Å². The van der Waals surface area contributed by atoms with Crippen molar-refractivity contribution in [1.29, 1.82) is 0 Å². The van der Waals surface area contributed by atoms with Crippen molar-refractivity contribution in [2.24, 2.45) is 0 Å². The van der Waals surface area contributed by atoms with Crippen LogP contribution in [0.4, 0.5) is 5.69 Å². The van der Waals surface area contributed by atoms with Crippen molar-refractivity contribution in [3.05, 3.63) is 106 Å². The molecule has 0 fully saturated rings. The SMILES string of the molecule is CN(Cc1ccccc1)C(=O)c1cc(N(CC(=O)O)S(=O)(=O)c2cc(Cl)cc(Cl)c2)c2ccccc2c1. The molecule has 0 aliphatic carbocycles. The van der Waals surface area contributed by atoms with Crippen molar-refractivity contribution in [3.63, 3.8) is 0 Å². The number of hydrogen-bond acceptors (Lipinski definition) is 4. The molecule has 190 valence electrons. The maximum atomic E-state index is 13.7. The Labute approximate surface area is 224 Å². The molecule has 4 aromatic rings. The van der Waals surface area contributed by atoms with E-state index in [1.165, 1.54) is 29.2 Å². The highest BCUT2D eigenvalue weighted by Crippen LogP contribution is 2.34. The smallest absolute Gasteiger partial charge is 0.324 e. The summed E-state index contributed by atoms with van der Waals surface area (Å²) in [4.78, 5) is 26.5. The summed E-state index contributed by atoms with van der Waals surface area (Å²) >= 11 is 12.1. The molecule has 0 saturated heterocycles. The van der Waals surface area contributed by atoms with Gasteiger partial charge in [-0.15, -0.1) is 0 Å². The minimum Gasteiger partial charge on any atom is -0.480 e. The van der Waals surface area contributed by atoms with Gasteiger partial charge in [-0.05, 0) is 41.3 Å². The van der Waals surface area contributed by atoms with Crippen LogP contribution >= 0.6 is 23.2 Å². The maximum Gasteiger partial charge on any atom is 0.324 e. The molecule has 4 rings (SSSR count). The Bertz CT molecular complexity index is 1570. The first kappa shape index (κ1) is 26.5. The lowest BCUT2D eigenvalue weighted by Crippen LogP contribution is -2.36. The Morgan fingerprint density at radius 2 is 1.49 bits per heavy atom. The molecule has 1 amide bonds. The van der Waals surface area contributed by atoms with Crippen LogP contribution in [-0.4, -0.2) is 43.9 Å². The van der Waals surface area contributed by atoms with Gasteiger partial charge in [-0.1, -0.05) is 77.8 Å². The van der Waals surface area contributed by atoms with Gasteiger partial charge in [0.1, 0.15) is 6.54 Å². The van der Waals surface area contributed by atoms with Crippen molar-refractivity contribution in [2.45, 2.75) is 11.4 Å². The zero-order valence-corrected chi connectivity index (χ0v) is 22.0. The van der Waals surface area contributed by atoms with Crippen LogP contribution in [0.3, 0.4) is 0 Å². The number of nitrogens with zero attached hydrogens (tertiary/aromatic N) is 2. The normalized spacial score (nSPS) is 11.3. The van der Waals surface area contributed by atoms with Crippen molar-refractivity contribution >= 4 is 61.6 Å². The molecule has 7 nitrogen and oxygen atoms in total. The molecule has 0 atom stereocenters. The summed E-state index contributed by atoms with van der Waals surface area (Å²) in [6.07, 6.45) is 0. The van der Waals surface area contributed by atoms with Gasteiger partial charge < -0.3 is 10.0 Å². The number of halogens is 2. The topological polar surface area (TPSA) is 95.0 Å². The van der Waals surface area contributed by atoms with Gasteiger partial charge >= 0.3 is 5.97 Å². The standard InChI is InChI=1S/C27H22Cl2N2O5S/c1-30(16-18-7-3-2-4-8-18)27(34)20-11-19-9-5-6-10-24(19)25(12-20)31(17-26(32)33)37(35,36)23-14-21(28)13-22(29)15-23/h2-15H,16-17H2,1H3,(H,32,33). The van der Waals surface area contributed by atoms with E-state index < -0.39 is 22.5 Å². The van der Waals surface area contributed by atoms with E-state index in [0.717, 1.165) is 9.87 Å². The summed E-state index contributed by atoms with van der Waals surface area (Å²) in [6, 6.07) is 23.1. The van der Waals surface area contributed by atoms with Crippen LogP contribution in [0.2, 0.25) is 10.0 Å². The van der Waals surface area contributed by atoms with E-state index in [1.807, 2.05) is 30.3 Å². The fourth-order valence-corrected chi connectivity index (χ4v) is 6.15. The van der Waals surface area contributed by atoms with Crippen molar-refractivity contribution in [3.8, 4) is 0 Å². The Kier molecular flexibility index (Phi) is 7.73. The van der Waals surface area contributed by atoms with Gasteiger partial charge in [0, 0.05) is 34.6 Å². The van der Waals surface area contributed by atoms with Gasteiger partial charge in [0.25, 0.3) is 15.9 Å². The van der Waals surface area contributed by atoms with Gasteiger partial charge in [-0.2, -0.15) is 0 Å². The van der Waals surface area contributed by atoms with Crippen molar-refractivity contribution < 1.29 is 23.1 Å². The number of sulfonamides is 1. The second-order valence-electron chi connectivity index (χ2n) is 8.37. The first-order valence-electron chi connectivity index (χ1n) is 11.1. The van der Waals surface area contributed by atoms with Gasteiger partial charge in [0.15, 0.2) is 0 Å². The molecule has 0 spiro atoms. The number of carboxylic acid groups (broad SMARTS) is 1. The van der Waals surface area contributed by atoms with Gasteiger partial charge in [0.05, 0.1) is 10.6 Å². The summed E-state index contributed by atoms with van der Waals surface area (Å²) in [6.45, 7) is -0.548. The molecule has 0 heterocycles. The number of rotatable bonds is 8. The summed E-state index contributed by atoms with van der Waals surface area (Å²) in [7, 11) is -2.80. The average molecular weight is 557 g/mol. The molecule has 0 aliphatic rings. The fraction of sp³-hybridized carbons (Fsp3) is 0.111. The van der Waals surface area contributed by atoms with Crippen LogP contribution < -0.4 is 4.31 Å². The van der Waals surface area contributed by atoms with Gasteiger partial charge in [0.2, 0.25) is 0 Å². The third-order valence-electron chi connectivity index (χ3n) is 5.67. The van der Waals surface area contributed by atoms with Crippen LogP contribution in [0.15, 0.2) is 89.8 Å². The molecule has 10 heteroatoms. The highest BCUT2D eigenvalue weighted by atomic mass is 35.5. The van der Waals surface area contributed by atoms with Crippen LogP contribution in [-0.2, 0) is 21.4 Å². The lowest BCUT2D eigenvalue weighted by atomic mass is 10.0. The highest BCUT2D eigenvalue weighted by molar-refractivity contribution is 7.93. The summed E-state index contributed by atoms with van der Waals surface area (Å²) < 4.78 is 28.2. The van der Waals surface area contributed by atoms with Crippen molar-refractivity contribution in [2.75, 3.05) is 17.9 Å². The molecule has 0 aromatic heterocycles. The van der Waals surface area contributed by atoms with E-state index in [1.54, 1.807) is 37.4 Å². The maximum absolute atomic E-state index is 13.7. The minimum atomic E-state index is -4.44. The number of fused-ring (bicyclic) bond motifs is 1. The largest absolute Gasteiger partial charge is 0.480 e. The minimum absolute atomic E-state index is 0.0491. The molecular weight excluding hydrogens is 535 g/mol. The average Bonchev–Trinajstić information content (AvgIpc) is 2.86. The Morgan fingerprint density at radius 1 is 0.865 bits per heavy atom.